The normalized spacial score (nSPS) is 10.4. The van der Waals surface area contributed by atoms with Crippen LogP contribution in [-0.4, -0.2) is 4.98 Å². The molecule has 2 nitrogen and oxygen atoms in total. The lowest BCUT2D eigenvalue weighted by Crippen LogP contribution is -1.81. The summed E-state index contributed by atoms with van der Waals surface area (Å²) in [5.74, 6) is 0. The van der Waals surface area contributed by atoms with Crippen LogP contribution in [0.5, 0.6) is 0 Å². The average molecular weight is 232 g/mol. The van der Waals surface area contributed by atoms with Crippen molar-refractivity contribution in [3.05, 3.63) is 60.3 Å². The van der Waals surface area contributed by atoms with E-state index in [0.29, 0.717) is 6.42 Å². The molecule has 18 heavy (non-hydrogen) atoms. The number of nitriles is 1. The SMILES string of the molecule is N#CCc1ccc(-c2c[nH]c3ccccc23)cc1. The second kappa shape index (κ2) is 4.38. The maximum atomic E-state index is 8.66. The van der Waals surface area contributed by atoms with Crippen molar-refractivity contribution in [2.75, 3.05) is 0 Å². The summed E-state index contributed by atoms with van der Waals surface area (Å²) in [6.07, 6.45) is 2.50. The quantitative estimate of drug-likeness (QED) is 0.715. The third-order valence-electron chi connectivity index (χ3n) is 3.14. The van der Waals surface area contributed by atoms with Crippen molar-refractivity contribution in [2.24, 2.45) is 0 Å². The number of nitrogens with one attached hydrogen (secondary N) is 1. The summed E-state index contributed by atoms with van der Waals surface area (Å²) in [7, 11) is 0. The molecule has 0 radical (unpaired) electrons. The predicted octanol–water partition coefficient (Wildman–Crippen LogP) is 3.90. The molecule has 0 saturated heterocycles. The third kappa shape index (κ3) is 1.76. The van der Waals surface area contributed by atoms with E-state index in [-0.39, 0.29) is 0 Å². The lowest BCUT2D eigenvalue weighted by atomic mass is 10.0. The van der Waals surface area contributed by atoms with Crippen LogP contribution in [0.15, 0.2) is 54.7 Å². The zero-order valence-electron chi connectivity index (χ0n) is 9.85. The van der Waals surface area contributed by atoms with Gasteiger partial charge in [-0.2, -0.15) is 5.26 Å². The smallest absolute Gasteiger partial charge is 0.0669 e. The first kappa shape index (κ1) is 10.6. The Kier molecular flexibility index (Phi) is 2.59. The molecule has 3 rings (SSSR count). The van der Waals surface area contributed by atoms with Gasteiger partial charge in [0, 0.05) is 22.7 Å². The number of fused-ring (bicyclic) bond motifs is 1. The number of benzene rings is 2. The molecule has 0 amide bonds. The minimum absolute atomic E-state index is 0.466. The molecule has 1 N–H and O–H groups in total. The number of hydrogen-bond acceptors (Lipinski definition) is 1. The van der Waals surface area contributed by atoms with E-state index in [1.54, 1.807) is 0 Å². The summed E-state index contributed by atoms with van der Waals surface area (Å²) in [6, 6.07) is 18.6. The van der Waals surface area contributed by atoms with Gasteiger partial charge in [-0.3, -0.25) is 0 Å². The zero-order valence-corrected chi connectivity index (χ0v) is 9.85. The van der Waals surface area contributed by atoms with Crippen molar-refractivity contribution in [2.45, 2.75) is 6.42 Å². The van der Waals surface area contributed by atoms with Gasteiger partial charge in [0.2, 0.25) is 0 Å². The topological polar surface area (TPSA) is 39.6 Å². The van der Waals surface area contributed by atoms with E-state index < -0.39 is 0 Å². The molecule has 0 aliphatic rings. The van der Waals surface area contributed by atoms with Gasteiger partial charge in [-0.05, 0) is 17.2 Å². The number of aromatic nitrogens is 1. The fourth-order valence-electron chi connectivity index (χ4n) is 2.20. The van der Waals surface area contributed by atoms with Crippen molar-refractivity contribution >= 4 is 10.9 Å². The first-order valence-electron chi connectivity index (χ1n) is 5.91. The molecule has 1 aromatic heterocycles. The second-order valence-electron chi connectivity index (χ2n) is 4.28. The minimum atomic E-state index is 0.466. The lowest BCUT2D eigenvalue weighted by Gasteiger charge is -2.01. The van der Waals surface area contributed by atoms with Crippen LogP contribution in [0.2, 0.25) is 0 Å². The molecule has 1 heterocycles. The molecule has 0 saturated carbocycles. The Morgan fingerprint density at radius 2 is 1.78 bits per heavy atom. The number of rotatable bonds is 2. The van der Waals surface area contributed by atoms with Gasteiger partial charge in [0.25, 0.3) is 0 Å². The maximum Gasteiger partial charge on any atom is 0.0669 e. The zero-order chi connectivity index (χ0) is 12.4. The van der Waals surface area contributed by atoms with Gasteiger partial charge in [0.05, 0.1) is 12.5 Å². The summed E-state index contributed by atoms with van der Waals surface area (Å²) >= 11 is 0. The summed E-state index contributed by atoms with van der Waals surface area (Å²) in [4.78, 5) is 3.27. The Morgan fingerprint density at radius 1 is 1.00 bits per heavy atom. The number of aromatic amines is 1. The molecule has 0 aliphatic heterocycles. The summed E-state index contributed by atoms with van der Waals surface area (Å²) < 4.78 is 0. The van der Waals surface area contributed by atoms with E-state index in [1.165, 1.54) is 16.5 Å². The molecule has 0 fully saturated rings. The number of para-hydroxylation sites is 1. The second-order valence-corrected chi connectivity index (χ2v) is 4.28. The van der Waals surface area contributed by atoms with Crippen LogP contribution in [0.1, 0.15) is 5.56 Å². The molecular formula is C16H12N2. The molecular weight excluding hydrogens is 220 g/mol. The highest BCUT2D eigenvalue weighted by molar-refractivity contribution is 5.95. The summed E-state index contributed by atoms with van der Waals surface area (Å²) in [5.41, 5.74) is 4.58. The Bertz CT molecular complexity index is 715. The first-order valence-corrected chi connectivity index (χ1v) is 5.91. The minimum Gasteiger partial charge on any atom is -0.361 e. The predicted molar refractivity (Wildman–Crippen MR) is 73.1 cm³/mol. The van der Waals surface area contributed by atoms with E-state index in [0.717, 1.165) is 11.1 Å². The number of H-pyrrole nitrogens is 1. The largest absolute Gasteiger partial charge is 0.361 e. The maximum absolute atomic E-state index is 8.66. The molecule has 2 heteroatoms. The standard InChI is InChI=1S/C16H12N2/c17-10-9-12-5-7-13(8-6-12)15-11-18-16-4-2-1-3-14(15)16/h1-8,11,18H,9H2. The van der Waals surface area contributed by atoms with Gasteiger partial charge in [0.15, 0.2) is 0 Å². The van der Waals surface area contributed by atoms with Crippen LogP contribution in [0, 0.1) is 11.3 Å². The van der Waals surface area contributed by atoms with Crippen LogP contribution in [0.3, 0.4) is 0 Å². The highest BCUT2D eigenvalue weighted by atomic mass is 14.7. The third-order valence-corrected chi connectivity index (χ3v) is 3.14. The van der Waals surface area contributed by atoms with Gasteiger partial charge in [0.1, 0.15) is 0 Å². The number of nitrogens with zero attached hydrogens (tertiary/aromatic N) is 1. The van der Waals surface area contributed by atoms with Crippen molar-refractivity contribution in [3.63, 3.8) is 0 Å². The highest BCUT2D eigenvalue weighted by Crippen LogP contribution is 2.28. The monoisotopic (exact) mass is 232 g/mol. The van der Waals surface area contributed by atoms with Crippen molar-refractivity contribution in [3.8, 4) is 17.2 Å². The van der Waals surface area contributed by atoms with Gasteiger partial charge < -0.3 is 4.98 Å². The Labute approximate surface area is 106 Å². The summed E-state index contributed by atoms with van der Waals surface area (Å²) in [6.45, 7) is 0. The lowest BCUT2D eigenvalue weighted by molar-refractivity contribution is 1.26. The van der Waals surface area contributed by atoms with Crippen LogP contribution in [-0.2, 0) is 6.42 Å². The number of hydrogen-bond donors (Lipinski definition) is 1. The van der Waals surface area contributed by atoms with Crippen LogP contribution in [0.25, 0.3) is 22.0 Å². The highest BCUT2D eigenvalue weighted by Gasteiger charge is 2.04. The Morgan fingerprint density at radius 3 is 2.56 bits per heavy atom. The van der Waals surface area contributed by atoms with Gasteiger partial charge >= 0.3 is 0 Å². The van der Waals surface area contributed by atoms with Crippen LogP contribution < -0.4 is 0 Å². The van der Waals surface area contributed by atoms with Gasteiger partial charge in [-0.25, -0.2) is 0 Å². The molecule has 0 bridgehead atoms. The van der Waals surface area contributed by atoms with Crippen LogP contribution in [0.4, 0.5) is 0 Å². The van der Waals surface area contributed by atoms with Gasteiger partial charge in [-0.1, -0.05) is 42.5 Å². The molecule has 0 spiro atoms. The van der Waals surface area contributed by atoms with Crippen LogP contribution >= 0.6 is 0 Å². The van der Waals surface area contributed by atoms with E-state index in [1.807, 2.05) is 30.5 Å². The van der Waals surface area contributed by atoms with E-state index in [2.05, 4.69) is 35.3 Å². The Balaban J connectivity index is 2.07. The molecule has 0 aliphatic carbocycles. The van der Waals surface area contributed by atoms with E-state index in [9.17, 15) is 0 Å². The van der Waals surface area contributed by atoms with E-state index in [4.69, 9.17) is 5.26 Å². The van der Waals surface area contributed by atoms with Crippen molar-refractivity contribution in [1.82, 2.24) is 4.98 Å². The fraction of sp³-hybridized carbons (Fsp3) is 0.0625. The Hall–Kier alpha value is -2.53. The van der Waals surface area contributed by atoms with Gasteiger partial charge in [-0.15, -0.1) is 0 Å². The average Bonchev–Trinajstić information content (AvgIpc) is 2.84. The molecule has 0 atom stereocenters. The molecule has 86 valence electrons. The first-order chi connectivity index (χ1) is 8.88. The summed E-state index contributed by atoms with van der Waals surface area (Å²) in [5, 5.41) is 9.89. The molecule has 2 aromatic carbocycles. The molecule has 3 aromatic rings. The van der Waals surface area contributed by atoms with Crippen molar-refractivity contribution in [1.29, 1.82) is 5.26 Å². The van der Waals surface area contributed by atoms with Crippen molar-refractivity contribution < 1.29 is 0 Å². The van der Waals surface area contributed by atoms with E-state index >= 15 is 0 Å². The fourth-order valence-corrected chi connectivity index (χ4v) is 2.20. The molecule has 0 unspecified atom stereocenters.